The van der Waals surface area contributed by atoms with E-state index in [-0.39, 0.29) is 6.54 Å². The summed E-state index contributed by atoms with van der Waals surface area (Å²) in [5.74, 6) is 0.200. The molecule has 5 rings (SSSR count). The number of hydrogen-bond donors (Lipinski definition) is 0. The first-order valence-corrected chi connectivity index (χ1v) is 12.0. The molecule has 0 saturated heterocycles. The van der Waals surface area contributed by atoms with Gasteiger partial charge in [0.25, 0.3) is 5.56 Å². The van der Waals surface area contributed by atoms with Crippen LogP contribution < -0.4 is 16.0 Å². The van der Waals surface area contributed by atoms with Gasteiger partial charge in [0, 0.05) is 17.6 Å². The summed E-state index contributed by atoms with van der Waals surface area (Å²) in [6.45, 7) is 7.78. The predicted octanol–water partition coefficient (Wildman–Crippen LogP) is 5.02. The average Bonchev–Trinajstić information content (AvgIpc) is 3.45. The summed E-state index contributed by atoms with van der Waals surface area (Å²) < 4.78 is 23.7. The number of aryl methyl sites for hydroxylation is 2. The largest absolute Gasteiger partial charge is 0.495 e. The Hall–Kier alpha value is -4.24. The summed E-state index contributed by atoms with van der Waals surface area (Å²) in [5.41, 5.74) is 2.69. The van der Waals surface area contributed by atoms with E-state index in [0.717, 1.165) is 32.0 Å². The molecule has 0 aliphatic carbocycles. The van der Waals surface area contributed by atoms with Gasteiger partial charge in [0.1, 0.15) is 16.4 Å². The lowest BCUT2D eigenvalue weighted by molar-refractivity contribution is 0.413. The first kappa shape index (κ1) is 23.5. The van der Waals surface area contributed by atoms with Crippen molar-refractivity contribution < 1.29 is 9.13 Å². The second kappa shape index (κ2) is 9.09. The van der Waals surface area contributed by atoms with E-state index in [0.29, 0.717) is 21.7 Å². The molecule has 0 unspecified atom stereocenters. The van der Waals surface area contributed by atoms with Gasteiger partial charge in [-0.15, -0.1) is 17.9 Å². The van der Waals surface area contributed by atoms with E-state index in [1.54, 1.807) is 19.5 Å². The van der Waals surface area contributed by atoms with Crippen LogP contribution in [0, 0.1) is 19.7 Å². The number of rotatable bonds is 6. The van der Waals surface area contributed by atoms with E-state index < -0.39 is 17.1 Å². The Morgan fingerprint density at radius 3 is 2.53 bits per heavy atom. The SMILES string of the molecule is C=CCn1c(=O)n(-c2ccc(F)cc2)c(=O)c2c(C)c(-c3ccc(-n4cnc(C)c4)c(OC)c3)sc21. The zero-order valence-corrected chi connectivity index (χ0v) is 20.8. The van der Waals surface area contributed by atoms with Crippen molar-refractivity contribution in [2.45, 2.75) is 20.4 Å². The van der Waals surface area contributed by atoms with Crippen molar-refractivity contribution in [1.82, 2.24) is 18.7 Å². The normalized spacial score (nSPS) is 11.2. The van der Waals surface area contributed by atoms with Crippen LogP contribution in [0.1, 0.15) is 11.3 Å². The topological polar surface area (TPSA) is 71.0 Å². The number of imidazole rings is 1. The third-order valence-corrected chi connectivity index (χ3v) is 7.40. The van der Waals surface area contributed by atoms with Crippen LogP contribution in [0.4, 0.5) is 4.39 Å². The first-order chi connectivity index (χ1) is 17.3. The fourth-order valence-corrected chi connectivity index (χ4v) is 5.61. The Labute approximate surface area is 210 Å². The molecular weight excluding hydrogens is 479 g/mol. The van der Waals surface area contributed by atoms with E-state index in [1.807, 2.05) is 42.8 Å². The summed E-state index contributed by atoms with van der Waals surface area (Å²) >= 11 is 1.37. The van der Waals surface area contributed by atoms with Gasteiger partial charge in [-0.25, -0.2) is 18.7 Å². The number of hydrogen-bond acceptors (Lipinski definition) is 5. The van der Waals surface area contributed by atoms with E-state index in [9.17, 15) is 14.0 Å². The summed E-state index contributed by atoms with van der Waals surface area (Å²) in [6.07, 6.45) is 5.25. The van der Waals surface area contributed by atoms with Crippen LogP contribution >= 0.6 is 11.3 Å². The monoisotopic (exact) mass is 502 g/mol. The summed E-state index contributed by atoms with van der Waals surface area (Å²) in [4.78, 5) is 32.7. The molecule has 0 aliphatic heterocycles. The van der Waals surface area contributed by atoms with Crippen molar-refractivity contribution in [3.63, 3.8) is 0 Å². The van der Waals surface area contributed by atoms with Crippen molar-refractivity contribution in [1.29, 1.82) is 0 Å². The quantitative estimate of drug-likeness (QED) is 0.306. The zero-order chi connectivity index (χ0) is 25.6. The fraction of sp³-hybridized carbons (Fsp3) is 0.148. The standard InChI is InChI=1S/C27H23FN4O3S/c1-5-12-31-26-23(25(33)32(27(31)34)20-9-7-19(28)8-10-20)17(3)24(36-26)18-6-11-21(22(13-18)35-4)30-14-16(2)29-15-30/h5-11,13-15H,1,12H2,2-4H3. The minimum absolute atomic E-state index is 0.221. The molecule has 0 spiro atoms. The average molecular weight is 503 g/mol. The molecule has 0 atom stereocenters. The maximum atomic E-state index is 13.6. The molecule has 9 heteroatoms. The number of thiophene rings is 1. The van der Waals surface area contributed by atoms with Crippen molar-refractivity contribution in [3.8, 4) is 27.6 Å². The summed E-state index contributed by atoms with van der Waals surface area (Å²) in [7, 11) is 1.60. The molecule has 0 amide bonds. The minimum atomic E-state index is -0.504. The van der Waals surface area contributed by atoms with Crippen LogP contribution in [0.25, 0.3) is 32.0 Å². The molecule has 0 bridgehead atoms. The Kier molecular flexibility index (Phi) is 5.93. The predicted molar refractivity (Wildman–Crippen MR) is 140 cm³/mol. The van der Waals surface area contributed by atoms with Gasteiger partial charge < -0.3 is 9.30 Å². The highest BCUT2D eigenvalue weighted by Crippen LogP contribution is 2.39. The van der Waals surface area contributed by atoms with Crippen LogP contribution in [0.3, 0.4) is 0 Å². The molecule has 0 radical (unpaired) electrons. The highest BCUT2D eigenvalue weighted by molar-refractivity contribution is 7.22. The Balaban J connectivity index is 1.76. The molecular formula is C27H23FN4O3S. The van der Waals surface area contributed by atoms with Gasteiger partial charge in [-0.3, -0.25) is 9.36 Å². The molecule has 0 aliphatic rings. The third-order valence-electron chi connectivity index (χ3n) is 6.04. The smallest absolute Gasteiger partial charge is 0.337 e. The summed E-state index contributed by atoms with van der Waals surface area (Å²) in [6, 6.07) is 11.1. The highest BCUT2D eigenvalue weighted by Gasteiger charge is 2.22. The lowest BCUT2D eigenvalue weighted by Gasteiger charge is -2.11. The van der Waals surface area contributed by atoms with Crippen LogP contribution in [-0.2, 0) is 6.54 Å². The van der Waals surface area contributed by atoms with E-state index >= 15 is 0 Å². The van der Waals surface area contributed by atoms with Gasteiger partial charge in [0.05, 0.1) is 35.9 Å². The van der Waals surface area contributed by atoms with Crippen molar-refractivity contribution >= 4 is 21.6 Å². The molecule has 0 N–H and O–H groups in total. The third kappa shape index (κ3) is 3.77. The number of fused-ring (bicyclic) bond motifs is 1. The molecule has 7 nitrogen and oxygen atoms in total. The lowest BCUT2D eigenvalue weighted by atomic mass is 10.1. The molecule has 0 fully saturated rings. The molecule has 3 aromatic heterocycles. The zero-order valence-electron chi connectivity index (χ0n) is 20.0. The van der Waals surface area contributed by atoms with Crippen LogP contribution in [0.5, 0.6) is 5.75 Å². The first-order valence-electron chi connectivity index (χ1n) is 11.2. The number of halogens is 1. The van der Waals surface area contributed by atoms with Gasteiger partial charge in [-0.05, 0) is 61.4 Å². The number of nitrogens with zero attached hydrogens (tertiary/aromatic N) is 4. The Bertz CT molecular complexity index is 1740. The van der Waals surface area contributed by atoms with Crippen molar-refractivity contribution in [3.05, 3.63) is 106 Å². The van der Waals surface area contributed by atoms with Crippen LogP contribution in [0.2, 0.25) is 0 Å². The molecule has 3 heterocycles. The number of ether oxygens (including phenoxy) is 1. The summed E-state index contributed by atoms with van der Waals surface area (Å²) in [5, 5.41) is 0.439. The van der Waals surface area contributed by atoms with Crippen molar-refractivity contribution in [2.24, 2.45) is 0 Å². The van der Waals surface area contributed by atoms with Gasteiger partial charge in [-0.2, -0.15) is 0 Å². The molecule has 36 heavy (non-hydrogen) atoms. The second-order valence-electron chi connectivity index (χ2n) is 8.34. The van der Waals surface area contributed by atoms with Crippen LogP contribution in [0.15, 0.2) is 77.2 Å². The van der Waals surface area contributed by atoms with Gasteiger partial charge in [-0.1, -0.05) is 12.1 Å². The van der Waals surface area contributed by atoms with Crippen molar-refractivity contribution in [2.75, 3.05) is 7.11 Å². The maximum absolute atomic E-state index is 13.6. The Morgan fingerprint density at radius 1 is 1.14 bits per heavy atom. The van der Waals surface area contributed by atoms with Gasteiger partial charge in [0.15, 0.2) is 0 Å². The van der Waals surface area contributed by atoms with E-state index in [1.165, 1.54) is 40.2 Å². The molecule has 2 aromatic carbocycles. The second-order valence-corrected chi connectivity index (χ2v) is 9.34. The number of aromatic nitrogens is 4. The minimum Gasteiger partial charge on any atom is -0.495 e. The van der Waals surface area contributed by atoms with Crippen LogP contribution in [-0.4, -0.2) is 25.8 Å². The van der Waals surface area contributed by atoms with Gasteiger partial charge in [0.2, 0.25) is 0 Å². The highest BCUT2D eigenvalue weighted by atomic mass is 32.1. The number of methoxy groups -OCH3 is 1. The fourth-order valence-electron chi connectivity index (χ4n) is 4.31. The molecule has 5 aromatic rings. The van der Waals surface area contributed by atoms with E-state index in [2.05, 4.69) is 11.6 Å². The number of allylic oxidation sites excluding steroid dienone is 1. The molecule has 182 valence electrons. The molecule has 0 saturated carbocycles. The maximum Gasteiger partial charge on any atom is 0.337 e. The number of benzene rings is 2. The van der Waals surface area contributed by atoms with Gasteiger partial charge >= 0.3 is 5.69 Å². The van der Waals surface area contributed by atoms with E-state index in [4.69, 9.17) is 4.74 Å². The lowest BCUT2D eigenvalue weighted by Crippen LogP contribution is -2.38. The Morgan fingerprint density at radius 2 is 1.89 bits per heavy atom.